The van der Waals surface area contributed by atoms with Gasteiger partial charge in [0.1, 0.15) is 18.4 Å². The number of nitrogens with one attached hydrogen (secondary N) is 1. The molecule has 4 N–H and O–H groups in total. The number of hydrogen-bond acceptors (Lipinski definition) is 7. The fraction of sp³-hybridized carbons (Fsp3) is 0.556. The number of H-pyrrole nitrogens is 1. The second-order valence-corrected chi connectivity index (χ2v) is 6.01. The zero-order valence-electron chi connectivity index (χ0n) is 10.4. The molecule has 2 saturated heterocycles. The third-order valence-corrected chi connectivity index (χ3v) is 4.27. The van der Waals surface area contributed by atoms with Crippen molar-refractivity contribution in [3.63, 3.8) is 0 Å². The summed E-state index contributed by atoms with van der Waals surface area (Å²) in [6.45, 7) is -0.213. The predicted molar refractivity (Wildman–Crippen MR) is 64.9 cm³/mol. The first-order valence-corrected chi connectivity index (χ1v) is 7.39. The third-order valence-electron chi connectivity index (χ3n) is 3.26. The summed E-state index contributed by atoms with van der Waals surface area (Å²) in [5.74, 6) is -1.99. The molecule has 0 spiro atoms. The van der Waals surface area contributed by atoms with Gasteiger partial charge in [-0.1, -0.05) is 0 Å². The number of rotatable bonds is 1. The van der Waals surface area contributed by atoms with Crippen LogP contribution in [0.2, 0.25) is 0 Å². The van der Waals surface area contributed by atoms with E-state index in [1.54, 1.807) is 4.98 Å². The topological polar surface area (TPSA) is 146 Å². The van der Waals surface area contributed by atoms with Gasteiger partial charge >= 0.3 is 13.5 Å². The van der Waals surface area contributed by atoms with Gasteiger partial charge < -0.3 is 15.4 Å². The van der Waals surface area contributed by atoms with E-state index in [4.69, 9.17) is 15.0 Å². The zero-order valence-corrected chi connectivity index (χ0v) is 11.3. The van der Waals surface area contributed by atoms with Crippen molar-refractivity contribution in [2.45, 2.75) is 24.9 Å². The Balaban J connectivity index is 1.94. The number of anilines is 1. The first kappa shape index (κ1) is 14.4. The number of ether oxygens (including phenoxy) is 1. The lowest BCUT2D eigenvalue weighted by molar-refractivity contribution is -0.0676. The quantitative estimate of drug-likeness (QED) is 0.561. The molecule has 0 aromatic carbocycles. The SMILES string of the molecule is Nc1c(F)c(=O)[nH]c(=O)n1[C@H]1C[C@@H]2OP(=O)(O)OC[C@H]2O1. The third kappa shape index (κ3) is 2.43. The van der Waals surface area contributed by atoms with E-state index < -0.39 is 49.1 Å². The molecule has 1 aromatic heterocycles. The highest BCUT2D eigenvalue weighted by Crippen LogP contribution is 2.52. The van der Waals surface area contributed by atoms with Gasteiger partial charge in [-0.25, -0.2) is 9.36 Å². The van der Waals surface area contributed by atoms with Crippen molar-refractivity contribution in [3.05, 3.63) is 26.7 Å². The molecule has 10 nitrogen and oxygen atoms in total. The highest BCUT2D eigenvalue weighted by Gasteiger charge is 2.47. The molecule has 3 heterocycles. The number of aromatic amines is 1. The summed E-state index contributed by atoms with van der Waals surface area (Å²) < 4.78 is 40.3. The second-order valence-electron chi connectivity index (χ2n) is 4.60. The van der Waals surface area contributed by atoms with E-state index in [1.165, 1.54) is 0 Å². The van der Waals surface area contributed by atoms with Gasteiger partial charge in [0, 0.05) is 6.42 Å². The molecule has 2 fully saturated rings. The molecule has 12 heteroatoms. The number of aromatic nitrogens is 2. The predicted octanol–water partition coefficient (Wildman–Crippen LogP) is -0.939. The van der Waals surface area contributed by atoms with Gasteiger partial charge in [0.25, 0.3) is 5.56 Å². The van der Waals surface area contributed by atoms with Crippen molar-refractivity contribution in [1.82, 2.24) is 9.55 Å². The Bertz CT molecular complexity index is 746. The van der Waals surface area contributed by atoms with E-state index in [2.05, 4.69) is 4.52 Å². The van der Waals surface area contributed by atoms with Crippen LogP contribution in [0.4, 0.5) is 10.2 Å². The Hall–Kier alpha value is -1.52. The van der Waals surface area contributed by atoms with Gasteiger partial charge in [-0.3, -0.25) is 23.4 Å². The lowest BCUT2D eigenvalue weighted by atomic mass is 10.2. The van der Waals surface area contributed by atoms with Crippen molar-refractivity contribution in [1.29, 1.82) is 0 Å². The summed E-state index contributed by atoms with van der Waals surface area (Å²) in [4.78, 5) is 33.8. The van der Waals surface area contributed by atoms with Crippen LogP contribution in [0.1, 0.15) is 12.6 Å². The van der Waals surface area contributed by atoms with Crippen LogP contribution in [0.15, 0.2) is 9.59 Å². The van der Waals surface area contributed by atoms with Gasteiger partial charge in [-0.2, -0.15) is 4.39 Å². The average Bonchev–Trinajstić information content (AvgIpc) is 2.77. The van der Waals surface area contributed by atoms with Gasteiger partial charge in [-0.15, -0.1) is 0 Å². The molecule has 2 aliphatic heterocycles. The first-order valence-electron chi connectivity index (χ1n) is 5.89. The van der Waals surface area contributed by atoms with E-state index in [0.29, 0.717) is 0 Å². The molecule has 4 atom stereocenters. The summed E-state index contributed by atoms with van der Waals surface area (Å²) in [7, 11) is -4.15. The number of fused-ring (bicyclic) bond motifs is 1. The molecule has 0 radical (unpaired) electrons. The first-order chi connectivity index (χ1) is 9.78. The van der Waals surface area contributed by atoms with Crippen molar-refractivity contribution in [2.75, 3.05) is 12.3 Å². The van der Waals surface area contributed by atoms with Crippen LogP contribution in [-0.2, 0) is 18.3 Å². The largest absolute Gasteiger partial charge is 0.472 e. The van der Waals surface area contributed by atoms with Crippen molar-refractivity contribution < 1.29 is 27.6 Å². The van der Waals surface area contributed by atoms with Crippen LogP contribution in [0.25, 0.3) is 0 Å². The highest BCUT2D eigenvalue weighted by atomic mass is 31.2. The van der Waals surface area contributed by atoms with Crippen LogP contribution in [0.3, 0.4) is 0 Å². The highest BCUT2D eigenvalue weighted by molar-refractivity contribution is 7.47. The van der Waals surface area contributed by atoms with Crippen LogP contribution >= 0.6 is 7.82 Å². The minimum absolute atomic E-state index is 0.0197. The van der Waals surface area contributed by atoms with E-state index in [9.17, 15) is 23.4 Å². The number of phosphoric acid groups is 1. The maximum atomic E-state index is 13.5. The Labute approximate surface area is 115 Å². The minimum Gasteiger partial charge on any atom is -0.382 e. The number of nitrogens with zero attached hydrogens (tertiary/aromatic N) is 1. The molecule has 3 rings (SSSR count). The normalized spacial score (nSPS) is 35.6. The van der Waals surface area contributed by atoms with Crippen molar-refractivity contribution >= 4 is 13.6 Å². The molecule has 1 aromatic rings. The van der Waals surface area contributed by atoms with Crippen LogP contribution in [0.5, 0.6) is 0 Å². The van der Waals surface area contributed by atoms with E-state index in [-0.39, 0.29) is 13.0 Å². The molecule has 0 amide bonds. The summed E-state index contributed by atoms with van der Waals surface area (Å²) in [5, 5.41) is 0. The smallest absolute Gasteiger partial charge is 0.382 e. The second kappa shape index (κ2) is 4.75. The van der Waals surface area contributed by atoms with E-state index in [0.717, 1.165) is 4.57 Å². The molecule has 0 aliphatic carbocycles. The zero-order chi connectivity index (χ0) is 15.4. The molecule has 1 unspecified atom stereocenters. The van der Waals surface area contributed by atoms with Gasteiger partial charge in [0.2, 0.25) is 5.82 Å². The molecule has 116 valence electrons. The number of halogens is 1. The Morgan fingerprint density at radius 2 is 2.14 bits per heavy atom. The fourth-order valence-electron chi connectivity index (χ4n) is 2.32. The summed E-state index contributed by atoms with van der Waals surface area (Å²) in [6, 6.07) is 0. The molecule has 0 bridgehead atoms. The number of hydrogen-bond donors (Lipinski definition) is 3. The Morgan fingerprint density at radius 1 is 1.43 bits per heavy atom. The lowest BCUT2D eigenvalue weighted by Crippen LogP contribution is -2.36. The van der Waals surface area contributed by atoms with Gasteiger partial charge in [0.05, 0.1) is 6.61 Å². The van der Waals surface area contributed by atoms with Crippen molar-refractivity contribution in [2.24, 2.45) is 0 Å². The summed E-state index contributed by atoms with van der Waals surface area (Å²) in [6.07, 6.45) is -2.57. The molecular weight excluding hydrogens is 312 g/mol. The number of nitrogens with two attached hydrogens (primary N) is 1. The minimum atomic E-state index is -4.15. The summed E-state index contributed by atoms with van der Waals surface area (Å²) >= 11 is 0. The van der Waals surface area contributed by atoms with E-state index in [1.807, 2.05) is 0 Å². The van der Waals surface area contributed by atoms with Crippen LogP contribution in [0, 0.1) is 5.82 Å². The van der Waals surface area contributed by atoms with Gasteiger partial charge in [0.15, 0.2) is 5.82 Å². The van der Waals surface area contributed by atoms with E-state index >= 15 is 0 Å². The maximum absolute atomic E-state index is 13.5. The lowest BCUT2D eigenvalue weighted by Gasteiger charge is -2.26. The van der Waals surface area contributed by atoms with Crippen molar-refractivity contribution in [3.8, 4) is 0 Å². The number of phosphoric ester groups is 1. The average molecular weight is 323 g/mol. The monoisotopic (exact) mass is 323 g/mol. The number of nitrogen functional groups attached to an aromatic ring is 1. The Kier molecular flexibility index (Phi) is 3.26. The maximum Gasteiger partial charge on any atom is 0.472 e. The fourth-order valence-corrected chi connectivity index (χ4v) is 3.28. The Morgan fingerprint density at radius 3 is 2.86 bits per heavy atom. The van der Waals surface area contributed by atoms with Crippen LogP contribution < -0.4 is 17.0 Å². The molecular formula is C9H11FN3O7P. The van der Waals surface area contributed by atoms with Gasteiger partial charge in [-0.05, 0) is 0 Å². The standard InChI is InChI=1S/C9H11FN3O7P/c10-6-7(11)13(9(15)12-8(6)14)5-1-3-4(19-5)2-18-21(16,17)20-3/h3-5H,1-2,11H2,(H,16,17)(H,12,14,15)/t3-,4+,5+/m0/s1. The molecule has 21 heavy (non-hydrogen) atoms. The summed E-state index contributed by atoms with van der Waals surface area (Å²) in [5.41, 5.74) is 3.24. The van der Waals surface area contributed by atoms with Crippen LogP contribution in [-0.4, -0.2) is 33.3 Å². The molecule has 0 saturated carbocycles. The molecule has 2 aliphatic rings.